The van der Waals surface area contributed by atoms with E-state index >= 15 is 0 Å². The number of hydrogen-bond donors (Lipinski definition) is 4. The van der Waals surface area contributed by atoms with Crippen molar-refractivity contribution < 1.29 is 36.4 Å². The number of carbonyl (C=O) groups is 3. The van der Waals surface area contributed by atoms with Gasteiger partial charge in [-0.3, -0.25) is 25.0 Å². The molecular formula is C17H23N5O8S. The van der Waals surface area contributed by atoms with Gasteiger partial charge in [-0.1, -0.05) is 12.1 Å². The summed E-state index contributed by atoms with van der Waals surface area (Å²) in [7, 11) is -4.87. The van der Waals surface area contributed by atoms with Gasteiger partial charge in [0.05, 0.1) is 12.5 Å². The van der Waals surface area contributed by atoms with E-state index < -0.39 is 40.3 Å². The lowest BCUT2D eigenvalue weighted by Gasteiger charge is -2.29. The highest BCUT2D eigenvalue weighted by Crippen LogP contribution is 2.30. The van der Waals surface area contributed by atoms with Crippen LogP contribution in [0, 0.1) is 0 Å². The Kier molecular flexibility index (Phi) is 6.94. The monoisotopic (exact) mass is 457 g/mol. The van der Waals surface area contributed by atoms with Crippen LogP contribution in [0.5, 0.6) is 5.75 Å². The van der Waals surface area contributed by atoms with Crippen molar-refractivity contribution in [3.63, 3.8) is 0 Å². The number of amides is 4. The van der Waals surface area contributed by atoms with Crippen LogP contribution < -0.4 is 21.3 Å². The fourth-order valence-electron chi connectivity index (χ4n) is 3.43. The van der Waals surface area contributed by atoms with Crippen LogP contribution in [0.1, 0.15) is 18.4 Å². The predicted octanol–water partition coefficient (Wildman–Crippen LogP) is -1.28. The molecule has 2 aliphatic rings. The molecule has 13 nitrogen and oxygen atoms in total. The average Bonchev–Trinajstić information content (AvgIpc) is 2.95. The molecule has 170 valence electrons. The van der Waals surface area contributed by atoms with Crippen molar-refractivity contribution in [2.75, 3.05) is 19.7 Å². The van der Waals surface area contributed by atoms with Crippen LogP contribution in [0.2, 0.25) is 0 Å². The average molecular weight is 457 g/mol. The topological polar surface area (TPSA) is 181 Å². The van der Waals surface area contributed by atoms with Gasteiger partial charge in [-0.2, -0.15) is 13.5 Å². The van der Waals surface area contributed by atoms with Crippen molar-refractivity contribution >= 4 is 28.2 Å². The molecule has 2 unspecified atom stereocenters. The van der Waals surface area contributed by atoms with E-state index in [2.05, 4.69) is 15.1 Å². The van der Waals surface area contributed by atoms with Crippen LogP contribution in [0.4, 0.5) is 4.79 Å². The highest BCUT2D eigenvalue weighted by Gasteiger charge is 2.49. The number of ether oxygens (including phenoxy) is 1. The maximum Gasteiger partial charge on any atom is 0.418 e. The van der Waals surface area contributed by atoms with Crippen molar-refractivity contribution in [2.45, 2.75) is 31.3 Å². The van der Waals surface area contributed by atoms with Gasteiger partial charge in [0.2, 0.25) is 5.91 Å². The Morgan fingerprint density at radius 2 is 1.90 bits per heavy atom. The van der Waals surface area contributed by atoms with E-state index in [-0.39, 0.29) is 25.8 Å². The van der Waals surface area contributed by atoms with Crippen molar-refractivity contribution in [1.82, 2.24) is 20.8 Å². The van der Waals surface area contributed by atoms with Gasteiger partial charge >= 0.3 is 16.4 Å². The molecule has 14 heteroatoms. The Morgan fingerprint density at radius 3 is 2.55 bits per heavy atom. The lowest BCUT2D eigenvalue weighted by Crippen LogP contribution is -2.54. The molecule has 2 fully saturated rings. The van der Waals surface area contributed by atoms with E-state index in [0.717, 1.165) is 4.90 Å². The maximum atomic E-state index is 12.5. The Morgan fingerprint density at radius 1 is 1.19 bits per heavy atom. The number of hydrazine groups is 1. The van der Waals surface area contributed by atoms with Crippen molar-refractivity contribution in [3.05, 3.63) is 29.8 Å². The van der Waals surface area contributed by atoms with E-state index in [1.807, 2.05) is 0 Å². The van der Waals surface area contributed by atoms with Gasteiger partial charge in [-0.05, 0) is 30.5 Å². The summed E-state index contributed by atoms with van der Waals surface area (Å²) in [5.41, 5.74) is 10.6. The largest absolute Gasteiger partial charge is 0.492 e. The smallest absolute Gasteiger partial charge is 0.418 e. The first-order valence-corrected chi connectivity index (χ1v) is 10.8. The third-order valence-electron chi connectivity index (χ3n) is 4.80. The van der Waals surface area contributed by atoms with Gasteiger partial charge in [-0.15, -0.1) is 4.28 Å². The SMILES string of the molecule is NCCOc1ccc(CC(=O)NNC(=O)C2CCC3CN2C(=O)N3OS(=O)(=O)O)cc1. The lowest BCUT2D eigenvalue weighted by atomic mass is 10.0. The summed E-state index contributed by atoms with van der Waals surface area (Å²) in [6.07, 6.45) is 0.513. The zero-order valence-corrected chi connectivity index (χ0v) is 17.2. The fourth-order valence-corrected chi connectivity index (χ4v) is 3.82. The Bertz CT molecular complexity index is 938. The van der Waals surface area contributed by atoms with Crippen LogP contribution in [0.15, 0.2) is 24.3 Å². The molecule has 1 aromatic rings. The van der Waals surface area contributed by atoms with Crippen LogP contribution >= 0.6 is 0 Å². The van der Waals surface area contributed by atoms with E-state index in [4.69, 9.17) is 15.0 Å². The summed E-state index contributed by atoms with van der Waals surface area (Å²) >= 11 is 0. The predicted molar refractivity (Wildman–Crippen MR) is 104 cm³/mol. The number of rotatable bonds is 8. The number of benzene rings is 1. The van der Waals surface area contributed by atoms with E-state index in [9.17, 15) is 22.8 Å². The molecule has 3 rings (SSSR count). The second kappa shape index (κ2) is 9.47. The molecule has 5 N–H and O–H groups in total. The maximum absolute atomic E-state index is 12.5. The molecule has 2 bridgehead atoms. The fraction of sp³-hybridized carbons (Fsp3) is 0.471. The molecule has 2 saturated heterocycles. The zero-order valence-electron chi connectivity index (χ0n) is 16.4. The van der Waals surface area contributed by atoms with Gasteiger partial charge in [0.25, 0.3) is 5.91 Å². The van der Waals surface area contributed by atoms with Crippen LogP contribution in [-0.2, 0) is 30.7 Å². The molecule has 0 aliphatic carbocycles. The first-order valence-electron chi connectivity index (χ1n) is 9.45. The van der Waals surface area contributed by atoms with Crippen molar-refractivity contribution in [2.24, 2.45) is 5.73 Å². The minimum atomic E-state index is -4.87. The normalized spacial score (nSPS) is 20.5. The van der Waals surface area contributed by atoms with Gasteiger partial charge < -0.3 is 15.4 Å². The minimum Gasteiger partial charge on any atom is -0.492 e. The molecule has 0 saturated carbocycles. The highest BCUT2D eigenvalue weighted by atomic mass is 32.3. The zero-order chi connectivity index (χ0) is 22.6. The molecule has 2 aliphatic heterocycles. The Labute approximate surface area is 178 Å². The molecular weight excluding hydrogens is 434 g/mol. The summed E-state index contributed by atoms with van der Waals surface area (Å²) in [5, 5.41) is 0.544. The number of hydroxylamine groups is 2. The molecule has 0 spiro atoms. The number of nitrogens with zero attached hydrogens (tertiary/aromatic N) is 2. The molecule has 1 aromatic carbocycles. The van der Waals surface area contributed by atoms with Gasteiger partial charge in [0.1, 0.15) is 18.4 Å². The number of fused-ring (bicyclic) bond motifs is 2. The number of urea groups is 1. The van der Waals surface area contributed by atoms with Crippen LogP contribution in [0.25, 0.3) is 0 Å². The van der Waals surface area contributed by atoms with Crippen molar-refractivity contribution in [3.8, 4) is 5.75 Å². The molecule has 2 heterocycles. The molecule has 2 atom stereocenters. The van der Waals surface area contributed by atoms with Crippen LogP contribution in [-0.4, -0.2) is 72.6 Å². The van der Waals surface area contributed by atoms with Crippen molar-refractivity contribution in [1.29, 1.82) is 0 Å². The number of carbonyl (C=O) groups excluding carboxylic acids is 3. The number of nitrogens with one attached hydrogen (secondary N) is 2. The lowest BCUT2D eigenvalue weighted by molar-refractivity contribution is -0.131. The third kappa shape index (κ3) is 5.81. The number of piperidine rings is 1. The first-order chi connectivity index (χ1) is 14.7. The summed E-state index contributed by atoms with van der Waals surface area (Å²) in [4.78, 5) is 38.0. The summed E-state index contributed by atoms with van der Waals surface area (Å²) < 4.78 is 40.3. The summed E-state index contributed by atoms with van der Waals surface area (Å²) in [6, 6.07) is 4.44. The quantitative estimate of drug-likeness (QED) is 0.273. The summed E-state index contributed by atoms with van der Waals surface area (Å²) in [5.74, 6) is -0.470. The Balaban J connectivity index is 1.49. The van der Waals surface area contributed by atoms with Crippen LogP contribution in [0.3, 0.4) is 0 Å². The van der Waals surface area contributed by atoms with E-state index in [1.165, 1.54) is 0 Å². The molecule has 4 amide bonds. The van der Waals surface area contributed by atoms with Gasteiger partial charge in [0.15, 0.2) is 0 Å². The van der Waals surface area contributed by atoms with E-state index in [1.54, 1.807) is 24.3 Å². The number of hydrogen-bond acceptors (Lipinski definition) is 8. The molecule has 31 heavy (non-hydrogen) atoms. The van der Waals surface area contributed by atoms with Gasteiger partial charge in [0, 0.05) is 13.1 Å². The minimum absolute atomic E-state index is 0.00279. The molecule has 0 radical (unpaired) electrons. The third-order valence-corrected chi connectivity index (χ3v) is 5.15. The molecule has 0 aromatic heterocycles. The second-order valence-corrected chi connectivity index (χ2v) is 8.01. The first kappa shape index (κ1) is 22.7. The summed E-state index contributed by atoms with van der Waals surface area (Å²) in [6.45, 7) is 0.825. The second-order valence-electron chi connectivity index (χ2n) is 7.01. The standard InChI is InChI=1S/C17H23N5O8S/c18-7-8-29-13-4-1-11(2-5-13)9-15(23)19-20-16(24)14-6-3-12-10-21(14)17(25)22(12)30-31(26,27)28/h1-2,4-5,12,14H,3,6-10,18H2,(H,19,23)(H,20,24)(H,26,27,28). The van der Waals surface area contributed by atoms with E-state index in [0.29, 0.717) is 29.5 Å². The Hall–Kier alpha value is -2.94. The highest BCUT2D eigenvalue weighted by molar-refractivity contribution is 7.80. The van der Waals surface area contributed by atoms with Gasteiger partial charge in [-0.25, -0.2) is 4.79 Å². The number of nitrogens with two attached hydrogens (primary N) is 1.